The fourth-order valence-corrected chi connectivity index (χ4v) is 4.89. The van der Waals surface area contributed by atoms with Crippen molar-refractivity contribution < 1.29 is 14.7 Å². The van der Waals surface area contributed by atoms with Gasteiger partial charge in [0.2, 0.25) is 11.8 Å². The summed E-state index contributed by atoms with van der Waals surface area (Å²) in [6.45, 7) is 8.37. The normalized spacial score (nSPS) is 29.3. The van der Waals surface area contributed by atoms with Crippen LogP contribution in [0, 0.1) is 11.3 Å². The first-order valence-corrected chi connectivity index (χ1v) is 10.8. The molecule has 3 rings (SSSR count). The highest BCUT2D eigenvalue weighted by atomic mass is 32.1. The molecule has 1 saturated heterocycles. The Morgan fingerprint density at radius 2 is 2.07 bits per heavy atom. The molecule has 0 radical (unpaired) electrons. The van der Waals surface area contributed by atoms with Crippen LogP contribution < -0.4 is 5.32 Å². The molecular weight excluding hydrogens is 360 g/mol. The zero-order chi connectivity index (χ0) is 19.8. The van der Waals surface area contributed by atoms with Crippen molar-refractivity contribution in [2.45, 2.75) is 77.5 Å². The Balaban J connectivity index is 1.89. The summed E-state index contributed by atoms with van der Waals surface area (Å²) in [6, 6.07) is 3.14. The van der Waals surface area contributed by atoms with E-state index < -0.39 is 11.6 Å². The molecule has 1 aromatic heterocycles. The van der Waals surface area contributed by atoms with Gasteiger partial charge in [0, 0.05) is 23.8 Å². The Hall–Kier alpha value is -1.40. The van der Waals surface area contributed by atoms with Gasteiger partial charge in [0.05, 0.1) is 17.7 Å². The summed E-state index contributed by atoms with van der Waals surface area (Å²) in [5, 5.41) is 16.2. The molecular formula is C21H32N2O3S. The van der Waals surface area contributed by atoms with Crippen LogP contribution in [-0.2, 0) is 9.59 Å². The number of hydrogen-bond acceptors (Lipinski definition) is 4. The molecule has 2 aliphatic rings. The van der Waals surface area contributed by atoms with Gasteiger partial charge >= 0.3 is 0 Å². The Morgan fingerprint density at radius 1 is 1.37 bits per heavy atom. The smallest absolute Gasteiger partial charge is 0.226 e. The van der Waals surface area contributed by atoms with Crippen molar-refractivity contribution in [2.24, 2.45) is 11.3 Å². The van der Waals surface area contributed by atoms with Crippen LogP contribution in [0.5, 0.6) is 0 Å². The highest BCUT2D eigenvalue weighted by Gasteiger charge is 2.49. The lowest BCUT2D eigenvalue weighted by atomic mass is 9.78. The van der Waals surface area contributed by atoms with E-state index in [4.69, 9.17) is 0 Å². The largest absolute Gasteiger partial charge is 0.388 e. The minimum absolute atomic E-state index is 0.0766. The fraction of sp³-hybridized carbons (Fsp3) is 0.714. The lowest BCUT2D eigenvalue weighted by Crippen LogP contribution is -2.64. The molecule has 6 heteroatoms. The third-order valence-electron chi connectivity index (χ3n) is 5.76. The number of piperidine rings is 1. The summed E-state index contributed by atoms with van der Waals surface area (Å²) < 4.78 is 0. The third kappa shape index (κ3) is 4.54. The second-order valence-electron chi connectivity index (χ2n) is 9.51. The number of nitrogens with zero attached hydrogens (tertiary/aromatic N) is 1. The molecule has 3 atom stereocenters. The van der Waals surface area contributed by atoms with Crippen LogP contribution in [0.1, 0.15) is 70.7 Å². The van der Waals surface area contributed by atoms with Crippen LogP contribution in [0.4, 0.5) is 0 Å². The van der Waals surface area contributed by atoms with Gasteiger partial charge in [-0.3, -0.25) is 9.59 Å². The maximum absolute atomic E-state index is 13.1. The van der Waals surface area contributed by atoms with E-state index in [9.17, 15) is 14.7 Å². The summed E-state index contributed by atoms with van der Waals surface area (Å²) in [5.74, 6) is 0.193. The molecule has 1 aliphatic carbocycles. The summed E-state index contributed by atoms with van der Waals surface area (Å²) in [5.41, 5.74) is -1.19. The van der Waals surface area contributed by atoms with E-state index >= 15 is 0 Å². The Morgan fingerprint density at radius 3 is 2.59 bits per heavy atom. The van der Waals surface area contributed by atoms with Crippen molar-refractivity contribution in [3.63, 3.8) is 0 Å². The summed E-state index contributed by atoms with van der Waals surface area (Å²) >= 11 is 1.58. The van der Waals surface area contributed by atoms with Crippen molar-refractivity contribution >= 4 is 23.2 Å². The molecule has 2 fully saturated rings. The summed E-state index contributed by atoms with van der Waals surface area (Å²) in [4.78, 5) is 28.7. The highest BCUT2D eigenvalue weighted by Crippen LogP contribution is 2.41. The van der Waals surface area contributed by atoms with E-state index in [1.165, 1.54) is 0 Å². The molecule has 0 bridgehead atoms. The van der Waals surface area contributed by atoms with Crippen LogP contribution in [0.15, 0.2) is 17.5 Å². The Bertz CT molecular complexity index is 674. The Kier molecular flexibility index (Phi) is 5.69. The van der Waals surface area contributed by atoms with Crippen LogP contribution >= 0.6 is 11.3 Å². The minimum Gasteiger partial charge on any atom is -0.388 e. The van der Waals surface area contributed by atoms with Gasteiger partial charge in [0.25, 0.3) is 0 Å². The lowest BCUT2D eigenvalue weighted by molar-refractivity contribution is -0.152. The standard InChI is InChI=1S/C21H32N2O3S/c1-20(2,3)13-16(24)22-18-17(15-9-6-12-27-15)23(11-10-21(18,4)26)19(25)14-7-5-8-14/h6,9,12,14,17-18,26H,5,7-8,10-11,13H2,1-4H3,(H,22,24). The number of hydrogen-bond donors (Lipinski definition) is 2. The van der Waals surface area contributed by atoms with Crippen molar-refractivity contribution in [3.05, 3.63) is 22.4 Å². The molecule has 27 heavy (non-hydrogen) atoms. The highest BCUT2D eigenvalue weighted by molar-refractivity contribution is 7.10. The van der Waals surface area contributed by atoms with E-state index in [1.54, 1.807) is 18.3 Å². The van der Waals surface area contributed by atoms with Gasteiger partial charge in [0.1, 0.15) is 0 Å². The zero-order valence-corrected chi connectivity index (χ0v) is 17.6. The average Bonchev–Trinajstić information content (AvgIpc) is 2.99. The molecule has 2 N–H and O–H groups in total. The number of thiophene rings is 1. The van der Waals surface area contributed by atoms with Crippen LogP contribution in [0.2, 0.25) is 0 Å². The SMILES string of the molecule is CC(C)(C)CC(=O)NC1C(c2cccs2)N(C(=O)C2CCC2)CCC1(C)O. The molecule has 2 amide bonds. The molecule has 1 saturated carbocycles. The van der Waals surface area contributed by atoms with E-state index in [-0.39, 0.29) is 29.2 Å². The monoisotopic (exact) mass is 392 g/mol. The third-order valence-corrected chi connectivity index (χ3v) is 6.70. The fourth-order valence-electron chi connectivity index (χ4n) is 4.02. The molecule has 0 spiro atoms. The van der Waals surface area contributed by atoms with Gasteiger partial charge in [-0.05, 0) is 43.0 Å². The first kappa shape index (κ1) is 20.3. The number of aliphatic hydroxyl groups is 1. The van der Waals surface area contributed by atoms with Crippen LogP contribution in [0.25, 0.3) is 0 Å². The Labute approximate surface area is 166 Å². The van der Waals surface area contributed by atoms with Crippen molar-refractivity contribution in [2.75, 3.05) is 6.54 Å². The van der Waals surface area contributed by atoms with E-state index in [0.717, 1.165) is 24.1 Å². The van der Waals surface area contributed by atoms with Gasteiger partial charge in [-0.25, -0.2) is 0 Å². The van der Waals surface area contributed by atoms with E-state index in [2.05, 4.69) is 5.32 Å². The number of amides is 2. The minimum atomic E-state index is -1.06. The predicted octanol–water partition coefficient (Wildman–Crippen LogP) is 3.49. The number of rotatable bonds is 4. The maximum Gasteiger partial charge on any atom is 0.226 e. The van der Waals surface area contributed by atoms with Gasteiger partial charge in [-0.1, -0.05) is 33.3 Å². The number of carbonyl (C=O) groups is 2. The number of likely N-dealkylation sites (tertiary alicyclic amines) is 1. The topological polar surface area (TPSA) is 69.6 Å². The first-order chi connectivity index (χ1) is 12.6. The quantitative estimate of drug-likeness (QED) is 0.824. The summed E-state index contributed by atoms with van der Waals surface area (Å²) in [7, 11) is 0. The van der Waals surface area contributed by atoms with Crippen molar-refractivity contribution in [3.8, 4) is 0 Å². The van der Waals surface area contributed by atoms with Gasteiger partial charge < -0.3 is 15.3 Å². The van der Waals surface area contributed by atoms with Crippen LogP contribution in [0.3, 0.4) is 0 Å². The zero-order valence-electron chi connectivity index (χ0n) is 16.8. The molecule has 5 nitrogen and oxygen atoms in total. The molecule has 1 aliphatic heterocycles. The second-order valence-corrected chi connectivity index (χ2v) is 10.5. The molecule has 0 aromatic carbocycles. The average molecular weight is 393 g/mol. The maximum atomic E-state index is 13.1. The van der Waals surface area contributed by atoms with E-state index in [1.807, 2.05) is 43.2 Å². The lowest BCUT2D eigenvalue weighted by Gasteiger charge is -2.50. The van der Waals surface area contributed by atoms with Gasteiger partial charge in [0.15, 0.2) is 0 Å². The molecule has 2 heterocycles. The van der Waals surface area contributed by atoms with Gasteiger partial charge in [-0.15, -0.1) is 11.3 Å². The first-order valence-electron chi connectivity index (χ1n) is 9.94. The van der Waals surface area contributed by atoms with Crippen molar-refractivity contribution in [1.29, 1.82) is 0 Å². The molecule has 150 valence electrons. The summed E-state index contributed by atoms with van der Waals surface area (Å²) in [6.07, 6.45) is 3.85. The predicted molar refractivity (Wildman–Crippen MR) is 107 cm³/mol. The second kappa shape index (κ2) is 7.55. The number of nitrogens with one attached hydrogen (secondary N) is 1. The van der Waals surface area contributed by atoms with E-state index in [0.29, 0.717) is 19.4 Å². The number of carbonyl (C=O) groups excluding carboxylic acids is 2. The molecule has 1 aromatic rings. The van der Waals surface area contributed by atoms with Crippen LogP contribution in [-0.4, -0.2) is 40.0 Å². The molecule has 3 unspecified atom stereocenters. The van der Waals surface area contributed by atoms with Gasteiger partial charge in [-0.2, -0.15) is 0 Å². The van der Waals surface area contributed by atoms with Crippen molar-refractivity contribution in [1.82, 2.24) is 10.2 Å².